The van der Waals surface area contributed by atoms with Gasteiger partial charge in [-0.05, 0) is 52.8 Å². The first-order valence-electron chi connectivity index (χ1n) is 7.28. The Morgan fingerprint density at radius 3 is 2.62 bits per heavy atom. The Hall–Kier alpha value is -1.69. The SMILES string of the molecule is CN(C)CCCN(C)Cc1cc2ccccc2nc1NN. The highest BCUT2D eigenvalue weighted by Gasteiger charge is 2.08. The molecule has 5 nitrogen and oxygen atoms in total. The van der Waals surface area contributed by atoms with Crippen LogP contribution in [0.3, 0.4) is 0 Å². The van der Waals surface area contributed by atoms with Crippen LogP contribution in [0.5, 0.6) is 0 Å². The van der Waals surface area contributed by atoms with Crippen molar-refractivity contribution in [1.29, 1.82) is 0 Å². The minimum atomic E-state index is 0.758. The summed E-state index contributed by atoms with van der Waals surface area (Å²) in [5.74, 6) is 6.38. The van der Waals surface area contributed by atoms with Gasteiger partial charge in [0.05, 0.1) is 5.52 Å². The van der Waals surface area contributed by atoms with E-state index < -0.39 is 0 Å². The molecule has 0 aliphatic rings. The number of rotatable bonds is 7. The van der Waals surface area contributed by atoms with Crippen molar-refractivity contribution in [2.75, 3.05) is 39.7 Å². The second-order valence-electron chi connectivity index (χ2n) is 5.73. The van der Waals surface area contributed by atoms with Crippen molar-refractivity contribution in [2.24, 2.45) is 5.84 Å². The lowest BCUT2D eigenvalue weighted by molar-refractivity contribution is 0.295. The molecule has 2 rings (SSSR count). The smallest absolute Gasteiger partial charge is 0.145 e. The number of nitrogens with one attached hydrogen (secondary N) is 1. The fourth-order valence-electron chi connectivity index (χ4n) is 2.43. The van der Waals surface area contributed by atoms with E-state index in [9.17, 15) is 0 Å². The summed E-state index contributed by atoms with van der Waals surface area (Å²) in [7, 11) is 6.33. The van der Waals surface area contributed by atoms with E-state index in [1.54, 1.807) is 0 Å². The van der Waals surface area contributed by atoms with Gasteiger partial charge in [0.2, 0.25) is 0 Å². The van der Waals surface area contributed by atoms with Gasteiger partial charge in [-0.2, -0.15) is 0 Å². The highest BCUT2D eigenvalue weighted by molar-refractivity contribution is 5.81. The molecule has 0 saturated carbocycles. The van der Waals surface area contributed by atoms with Crippen molar-refractivity contribution in [3.05, 3.63) is 35.9 Å². The van der Waals surface area contributed by atoms with Crippen molar-refractivity contribution < 1.29 is 0 Å². The van der Waals surface area contributed by atoms with Gasteiger partial charge in [-0.1, -0.05) is 18.2 Å². The minimum Gasteiger partial charge on any atom is -0.309 e. The molecule has 1 aromatic carbocycles. The summed E-state index contributed by atoms with van der Waals surface area (Å²) in [4.78, 5) is 9.09. The number of nitrogen functional groups attached to an aromatic ring is 1. The highest BCUT2D eigenvalue weighted by Crippen LogP contribution is 2.21. The Balaban J connectivity index is 2.09. The number of pyridine rings is 1. The van der Waals surface area contributed by atoms with E-state index in [1.165, 1.54) is 0 Å². The van der Waals surface area contributed by atoms with Gasteiger partial charge in [0.25, 0.3) is 0 Å². The van der Waals surface area contributed by atoms with Crippen molar-refractivity contribution in [3.63, 3.8) is 0 Å². The van der Waals surface area contributed by atoms with Gasteiger partial charge in [0.1, 0.15) is 5.82 Å². The number of hydrogen-bond donors (Lipinski definition) is 2. The van der Waals surface area contributed by atoms with E-state index in [2.05, 4.69) is 53.5 Å². The average molecular weight is 287 g/mol. The Bertz CT molecular complexity index is 582. The first kappa shape index (κ1) is 15.7. The first-order chi connectivity index (χ1) is 10.1. The summed E-state index contributed by atoms with van der Waals surface area (Å²) in [6.45, 7) is 2.99. The number of hydrogen-bond acceptors (Lipinski definition) is 5. The number of hydrazine groups is 1. The third-order valence-corrected chi connectivity index (χ3v) is 3.53. The largest absolute Gasteiger partial charge is 0.309 e. The number of benzene rings is 1. The van der Waals surface area contributed by atoms with Crippen LogP contribution in [-0.2, 0) is 6.54 Å². The molecule has 3 N–H and O–H groups in total. The summed E-state index contributed by atoms with van der Waals surface area (Å²) in [6, 6.07) is 10.3. The Morgan fingerprint density at radius 1 is 1.14 bits per heavy atom. The van der Waals surface area contributed by atoms with Gasteiger partial charge < -0.3 is 15.2 Å². The van der Waals surface area contributed by atoms with Crippen LogP contribution in [0.4, 0.5) is 5.82 Å². The van der Waals surface area contributed by atoms with Gasteiger partial charge in [0.15, 0.2) is 0 Å². The second-order valence-corrected chi connectivity index (χ2v) is 5.73. The molecule has 2 aromatic rings. The van der Waals surface area contributed by atoms with Crippen molar-refractivity contribution in [2.45, 2.75) is 13.0 Å². The summed E-state index contributed by atoms with van der Waals surface area (Å²) >= 11 is 0. The molecule has 1 aromatic heterocycles. The topological polar surface area (TPSA) is 57.4 Å². The monoisotopic (exact) mass is 287 g/mol. The van der Waals surface area contributed by atoms with E-state index in [0.29, 0.717) is 0 Å². The Kier molecular flexibility index (Phi) is 5.50. The molecule has 5 heteroatoms. The molecule has 0 amide bonds. The maximum atomic E-state index is 5.62. The third kappa shape index (κ3) is 4.39. The predicted octanol–water partition coefficient (Wildman–Crippen LogP) is 1.90. The van der Waals surface area contributed by atoms with Gasteiger partial charge in [-0.25, -0.2) is 10.8 Å². The van der Waals surface area contributed by atoms with Crippen LogP contribution in [0, 0.1) is 0 Å². The third-order valence-electron chi connectivity index (χ3n) is 3.53. The summed E-state index contributed by atoms with van der Waals surface area (Å²) in [5, 5.41) is 1.15. The molecule has 1 heterocycles. The number of anilines is 1. The lowest BCUT2D eigenvalue weighted by atomic mass is 10.1. The molecule has 0 bridgehead atoms. The van der Waals surface area contributed by atoms with Crippen LogP contribution in [0.15, 0.2) is 30.3 Å². The van der Waals surface area contributed by atoms with Crippen molar-refractivity contribution in [3.8, 4) is 0 Å². The zero-order chi connectivity index (χ0) is 15.2. The van der Waals surface area contributed by atoms with Gasteiger partial charge in [0, 0.05) is 17.5 Å². The molecule has 0 spiro atoms. The van der Waals surface area contributed by atoms with E-state index in [-0.39, 0.29) is 0 Å². The maximum absolute atomic E-state index is 5.62. The molecule has 0 radical (unpaired) electrons. The lowest BCUT2D eigenvalue weighted by Crippen LogP contribution is -2.24. The van der Waals surface area contributed by atoms with Crippen LogP contribution in [0.2, 0.25) is 0 Å². The molecule has 0 fully saturated rings. The zero-order valence-corrected chi connectivity index (χ0v) is 13.1. The number of nitrogens with two attached hydrogens (primary N) is 1. The first-order valence-corrected chi connectivity index (χ1v) is 7.28. The Morgan fingerprint density at radius 2 is 1.90 bits per heavy atom. The molecule has 0 unspecified atom stereocenters. The summed E-state index contributed by atoms with van der Waals surface area (Å²) in [6.07, 6.45) is 1.15. The van der Waals surface area contributed by atoms with Gasteiger partial charge in [-0.15, -0.1) is 0 Å². The van der Waals surface area contributed by atoms with Crippen LogP contribution in [0.1, 0.15) is 12.0 Å². The molecule has 0 aliphatic carbocycles. The lowest BCUT2D eigenvalue weighted by Gasteiger charge is -2.19. The fraction of sp³-hybridized carbons (Fsp3) is 0.438. The van der Waals surface area contributed by atoms with E-state index in [4.69, 9.17) is 5.84 Å². The van der Waals surface area contributed by atoms with Crippen LogP contribution >= 0.6 is 0 Å². The molecule has 21 heavy (non-hydrogen) atoms. The molecule has 0 saturated heterocycles. The van der Waals surface area contributed by atoms with E-state index in [1.807, 2.05) is 18.2 Å². The molecular formula is C16H25N5. The van der Waals surface area contributed by atoms with Gasteiger partial charge in [-0.3, -0.25) is 0 Å². The average Bonchev–Trinajstić information content (AvgIpc) is 2.46. The second kappa shape index (κ2) is 7.36. The van der Waals surface area contributed by atoms with E-state index in [0.717, 1.165) is 48.3 Å². The van der Waals surface area contributed by atoms with Crippen LogP contribution in [-0.4, -0.2) is 49.0 Å². The number of nitrogens with zero attached hydrogens (tertiary/aromatic N) is 3. The number of fused-ring (bicyclic) bond motifs is 1. The normalized spacial score (nSPS) is 11.5. The number of para-hydroxylation sites is 1. The Labute approximate surface area is 126 Å². The maximum Gasteiger partial charge on any atom is 0.145 e. The summed E-state index contributed by atoms with van der Waals surface area (Å²) in [5.41, 5.74) is 4.81. The predicted molar refractivity (Wildman–Crippen MR) is 89.1 cm³/mol. The number of aromatic nitrogens is 1. The van der Waals surface area contributed by atoms with Crippen molar-refractivity contribution in [1.82, 2.24) is 14.8 Å². The molecule has 0 atom stereocenters. The standard InChI is InChI=1S/C16H25N5/c1-20(2)9-6-10-21(3)12-14-11-13-7-4-5-8-15(13)18-16(14)19-17/h4-5,7-8,11H,6,9-10,12,17H2,1-3H3,(H,18,19). The van der Waals surface area contributed by atoms with Gasteiger partial charge >= 0.3 is 0 Å². The van der Waals surface area contributed by atoms with Crippen LogP contribution in [0.25, 0.3) is 10.9 Å². The van der Waals surface area contributed by atoms with Crippen LogP contribution < -0.4 is 11.3 Å². The fourth-order valence-corrected chi connectivity index (χ4v) is 2.43. The molecule has 114 valence electrons. The quantitative estimate of drug-likeness (QED) is 0.602. The van der Waals surface area contributed by atoms with Crippen molar-refractivity contribution >= 4 is 16.7 Å². The zero-order valence-electron chi connectivity index (χ0n) is 13.1. The molecule has 0 aliphatic heterocycles. The van der Waals surface area contributed by atoms with E-state index >= 15 is 0 Å². The minimum absolute atomic E-state index is 0.758. The summed E-state index contributed by atoms with van der Waals surface area (Å²) < 4.78 is 0. The highest BCUT2D eigenvalue weighted by atomic mass is 15.3. The molecular weight excluding hydrogens is 262 g/mol.